The molecule has 2 fully saturated rings. The van der Waals surface area contributed by atoms with Gasteiger partial charge >= 0.3 is 11.9 Å². The van der Waals surface area contributed by atoms with Crippen molar-refractivity contribution in [1.82, 2.24) is 0 Å². The molecule has 1 aliphatic carbocycles. The number of aliphatic hydroxyl groups is 1. The van der Waals surface area contributed by atoms with Crippen molar-refractivity contribution >= 4 is 11.9 Å². The molecule has 3 aliphatic rings. The minimum absolute atomic E-state index is 0.118. The Balaban J connectivity index is 1.98. The molecule has 0 amide bonds. The Bertz CT molecular complexity index is 705. The molecule has 2 aliphatic heterocycles. The Morgan fingerprint density at radius 2 is 2.19 bits per heavy atom. The summed E-state index contributed by atoms with van der Waals surface area (Å²) < 4.78 is 17.0. The number of allylic oxidation sites excluding steroid dienone is 1. The van der Waals surface area contributed by atoms with Crippen LogP contribution in [0.25, 0.3) is 0 Å². The first kappa shape index (κ1) is 18.9. The molecule has 3 rings (SSSR count). The van der Waals surface area contributed by atoms with Crippen LogP contribution in [0.5, 0.6) is 0 Å². The van der Waals surface area contributed by atoms with E-state index in [1.165, 1.54) is 0 Å². The highest BCUT2D eigenvalue weighted by molar-refractivity contribution is 5.92. The maximum atomic E-state index is 12.4. The molecule has 1 N–H and O–H groups in total. The van der Waals surface area contributed by atoms with Crippen LogP contribution in [-0.2, 0) is 23.8 Å². The maximum absolute atomic E-state index is 12.4. The highest BCUT2D eigenvalue weighted by atomic mass is 16.6. The van der Waals surface area contributed by atoms with Crippen molar-refractivity contribution in [1.29, 1.82) is 0 Å². The summed E-state index contributed by atoms with van der Waals surface area (Å²) in [5.74, 6) is -1.43. The standard InChI is InChI=1S/C20H26O6/c1-6-10(2)18(22)25-15-9-20(5)16(26-20)8-13(21)11(3)7-14-17(15)12(4)19(23)24-14/h6-7,13-17,21H,4,8-9H2,1-3,5H3/b10-6+,11-7-/t13?,14-,15?,16+,17-,20-/m0/s1. The number of aliphatic hydroxyl groups excluding tert-OH is 1. The minimum Gasteiger partial charge on any atom is -0.458 e. The van der Waals surface area contributed by atoms with Crippen molar-refractivity contribution in [3.8, 4) is 0 Å². The van der Waals surface area contributed by atoms with Gasteiger partial charge in [-0.25, -0.2) is 9.59 Å². The van der Waals surface area contributed by atoms with Gasteiger partial charge in [0.15, 0.2) is 0 Å². The average Bonchev–Trinajstić information content (AvgIpc) is 3.11. The van der Waals surface area contributed by atoms with Gasteiger partial charge in [0.25, 0.3) is 0 Å². The van der Waals surface area contributed by atoms with Crippen LogP contribution in [0.1, 0.15) is 40.5 Å². The summed E-state index contributed by atoms with van der Waals surface area (Å²) in [4.78, 5) is 24.5. The zero-order valence-corrected chi connectivity index (χ0v) is 15.7. The van der Waals surface area contributed by atoms with E-state index in [4.69, 9.17) is 14.2 Å². The number of carbonyl (C=O) groups excluding carboxylic acids is 2. The molecule has 142 valence electrons. The lowest BCUT2D eigenvalue weighted by Gasteiger charge is -2.29. The first-order chi connectivity index (χ1) is 12.2. The third-order valence-corrected chi connectivity index (χ3v) is 5.71. The van der Waals surface area contributed by atoms with Crippen LogP contribution in [0.2, 0.25) is 0 Å². The number of rotatable bonds is 2. The van der Waals surface area contributed by atoms with Crippen molar-refractivity contribution < 1.29 is 28.9 Å². The highest BCUT2D eigenvalue weighted by Crippen LogP contribution is 2.47. The lowest BCUT2D eigenvalue weighted by atomic mass is 9.82. The van der Waals surface area contributed by atoms with E-state index in [0.29, 0.717) is 24.0 Å². The predicted octanol–water partition coefficient (Wildman–Crippen LogP) is 2.22. The Hall–Kier alpha value is -1.92. The second-order valence-corrected chi connectivity index (χ2v) is 7.62. The fourth-order valence-electron chi connectivity index (χ4n) is 3.70. The van der Waals surface area contributed by atoms with Crippen molar-refractivity contribution in [2.45, 2.75) is 70.6 Å². The zero-order valence-electron chi connectivity index (χ0n) is 15.7. The molecule has 0 radical (unpaired) electrons. The van der Waals surface area contributed by atoms with E-state index < -0.39 is 41.8 Å². The topological polar surface area (TPSA) is 85.4 Å². The molecule has 0 bridgehead atoms. The summed E-state index contributed by atoms with van der Waals surface area (Å²) >= 11 is 0. The fourth-order valence-corrected chi connectivity index (χ4v) is 3.70. The molecule has 2 heterocycles. The smallest absolute Gasteiger partial charge is 0.334 e. The van der Waals surface area contributed by atoms with Crippen LogP contribution in [-0.4, -0.2) is 47.1 Å². The van der Waals surface area contributed by atoms with Gasteiger partial charge in [0, 0.05) is 24.0 Å². The predicted molar refractivity (Wildman–Crippen MR) is 94.1 cm³/mol. The van der Waals surface area contributed by atoms with Gasteiger partial charge in [0.1, 0.15) is 12.2 Å². The molecule has 0 aromatic rings. The number of ether oxygens (including phenoxy) is 3. The summed E-state index contributed by atoms with van der Waals surface area (Å²) in [6, 6.07) is 0. The van der Waals surface area contributed by atoms with Gasteiger partial charge in [-0.05, 0) is 39.3 Å². The number of esters is 2. The van der Waals surface area contributed by atoms with Gasteiger partial charge in [-0.15, -0.1) is 0 Å². The summed E-state index contributed by atoms with van der Waals surface area (Å²) in [6.45, 7) is 11.0. The molecule has 6 nitrogen and oxygen atoms in total. The summed E-state index contributed by atoms with van der Waals surface area (Å²) in [5, 5.41) is 10.4. The van der Waals surface area contributed by atoms with Gasteiger partial charge in [0.05, 0.1) is 23.7 Å². The fraction of sp³-hybridized carbons (Fsp3) is 0.600. The first-order valence-corrected chi connectivity index (χ1v) is 8.94. The number of carbonyl (C=O) groups is 2. The van der Waals surface area contributed by atoms with Gasteiger partial charge in [-0.2, -0.15) is 0 Å². The Morgan fingerprint density at radius 3 is 2.85 bits per heavy atom. The van der Waals surface area contributed by atoms with Crippen molar-refractivity contribution in [3.63, 3.8) is 0 Å². The summed E-state index contributed by atoms with van der Waals surface area (Å²) in [5.41, 5.74) is 0.974. The second-order valence-electron chi connectivity index (χ2n) is 7.62. The Labute approximate surface area is 153 Å². The zero-order chi connectivity index (χ0) is 19.2. The molecule has 26 heavy (non-hydrogen) atoms. The number of hydrogen-bond donors (Lipinski definition) is 1. The van der Waals surface area contributed by atoms with Crippen molar-refractivity contribution in [2.24, 2.45) is 5.92 Å². The average molecular weight is 362 g/mol. The van der Waals surface area contributed by atoms with Crippen molar-refractivity contribution in [2.75, 3.05) is 0 Å². The van der Waals surface area contributed by atoms with Crippen LogP contribution >= 0.6 is 0 Å². The molecule has 0 saturated carbocycles. The summed E-state index contributed by atoms with van der Waals surface area (Å²) in [7, 11) is 0. The molecule has 6 atom stereocenters. The van der Waals surface area contributed by atoms with E-state index in [2.05, 4.69) is 6.58 Å². The second kappa shape index (κ2) is 6.67. The van der Waals surface area contributed by atoms with Crippen LogP contribution in [0, 0.1) is 5.92 Å². The van der Waals surface area contributed by atoms with Gasteiger partial charge < -0.3 is 19.3 Å². The lowest BCUT2D eigenvalue weighted by molar-refractivity contribution is -0.148. The molecular weight excluding hydrogens is 336 g/mol. The molecule has 2 unspecified atom stereocenters. The van der Waals surface area contributed by atoms with E-state index in [9.17, 15) is 14.7 Å². The minimum atomic E-state index is -0.667. The quantitative estimate of drug-likeness (QED) is 0.351. The van der Waals surface area contributed by atoms with E-state index in [1.54, 1.807) is 32.9 Å². The van der Waals surface area contributed by atoms with Crippen LogP contribution in [0.3, 0.4) is 0 Å². The molecule has 6 heteroatoms. The van der Waals surface area contributed by atoms with E-state index in [0.717, 1.165) is 0 Å². The molecular formula is C20H26O6. The van der Waals surface area contributed by atoms with Crippen LogP contribution in [0.4, 0.5) is 0 Å². The molecule has 2 saturated heterocycles. The largest absolute Gasteiger partial charge is 0.458 e. The van der Waals surface area contributed by atoms with E-state index in [-0.39, 0.29) is 11.7 Å². The Kier molecular flexibility index (Phi) is 4.84. The van der Waals surface area contributed by atoms with E-state index in [1.807, 2.05) is 6.92 Å². The molecule has 0 aromatic heterocycles. The van der Waals surface area contributed by atoms with Gasteiger partial charge in [0.2, 0.25) is 0 Å². The van der Waals surface area contributed by atoms with Gasteiger partial charge in [-0.3, -0.25) is 0 Å². The number of epoxide rings is 1. The van der Waals surface area contributed by atoms with Crippen LogP contribution < -0.4 is 0 Å². The monoisotopic (exact) mass is 362 g/mol. The van der Waals surface area contributed by atoms with Crippen molar-refractivity contribution in [3.05, 3.63) is 35.5 Å². The third kappa shape index (κ3) is 3.35. The number of hydrogen-bond acceptors (Lipinski definition) is 6. The van der Waals surface area contributed by atoms with Crippen LogP contribution in [0.15, 0.2) is 35.5 Å². The highest BCUT2D eigenvalue weighted by Gasteiger charge is 2.57. The van der Waals surface area contributed by atoms with Gasteiger partial charge in [-0.1, -0.05) is 12.7 Å². The Morgan fingerprint density at radius 1 is 1.50 bits per heavy atom. The molecule has 0 aromatic carbocycles. The summed E-state index contributed by atoms with van der Waals surface area (Å²) in [6.07, 6.45) is 2.29. The third-order valence-electron chi connectivity index (χ3n) is 5.71. The lowest BCUT2D eigenvalue weighted by Crippen LogP contribution is -2.37. The normalized spacial score (nSPS) is 42.1. The number of fused-ring (bicyclic) bond motifs is 2. The first-order valence-electron chi connectivity index (χ1n) is 8.94. The maximum Gasteiger partial charge on any atom is 0.334 e. The SMILES string of the molecule is C=C1C(=O)O[C@H]2/C=C(/C)C(O)C[C@H]3O[C@@]3(C)CC(OC(=O)/C(C)=C/C)[C@@H]12. The molecule has 0 spiro atoms. The van der Waals surface area contributed by atoms with E-state index >= 15 is 0 Å².